The van der Waals surface area contributed by atoms with E-state index in [1.54, 1.807) is 10.9 Å². The number of fused-ring (bicyclic) bond motifs is 1. The van der Waals surface area contributed by atoms with Gasteiger partial charge < -0.3 is 9.88 Å². The number of aryl methyl sites for hydroxylation is 3. The average molecular weight is 285 g/mol. The van der Waals surface area contributed by atoms with Gasteiger partial charge in [-0.05, 0) is 20.8 Å². The molecule has 0 amide bonds. The molecule has 0 aliphatic rings. The van der Waals surface area contributed by atoms with Crippen LogP contribution in [0.15, 0.2) is 18.7 Å². The summed E-state index contributed by atoms with van der Waals surface area (Å²) < 4.78 is 3.86. The summed E-state index contributed by atoms with van der Waals surface area (Å²) >= 11 is 0. The molecule has 7 heteroatoms. The molecule has 0 aromatic carbocycles. The van der Waals surface area contributed by atoms with E-state index >= 15 is 0 Å². The summed E-state index contributed by atoms with van der Waals surface area (Å²) in [5, 5.41) is 8.83. The standard InChI is InChI=1S/C14H19N7/c1-9(21-6-5-15-8-21)7-16-13-12-10(2)19-20(4)14(12)18-11(3)17-13/h5-6,8-9H,7H2,1-4H3,(H,16,17,18). The Morgan fingerprint density at radius 1 is 1.29 bits per heavy atom. The Morgan fingerprint density at radius 3 is 2.81 bits per heavy atom. The van der Waals surface area contributed by atoms with Gasteiger partial charge in [0.05, 0.1) is 17.4 Å². The highest BCUT2D eigenvalue weighted by Gasteiger charge is 2.14. The first kappa shape index (κ1) is 13.5. The van der Waals surface area contributed by atoms with Crippen molar-refractivity contribution in [3.05, 3.63) is 30.2 Å². The van der Waals surface area contributed by atoms with E-state index in [0.717, 1.165) is 34.9 Å². The topological polar surface area (TPSA) is 73.5 Å². The lowest BCUT2D eigenvalue weighted by Gasteiger charge is -2.15. The molecule has 0 bridgehead atoms. The molecule has 3 rings (SSSR count). The summed E-state index contributed by atoms with van der Waals surface area (Å²) in [4.78, 5) is 13.1. The lowest BCUT2D eigenvalue weighted by molar-refractivity contribution is 0.572. The fraction of sp³-hybridized carbons (Fsp3) is 0.429. The number of nitrogens with zero attached hydrogens (tertiary/aromatic N) is 6. The molecule has 0 spiro atoms. The van der Waals surface area contributed by atoms with Gasteiger partial charge in [0.1, 0.15) is 11.6 Å². The monoisotopic (exact) mass is 285 g/mol. The third kappa shape index (κ3) is 2.46. The van der Waals surface area contributed by atoms with E-state index < -0.39 is 0 Å². The van der Waals surface area contributed by atoms with Gasteiger partial charge in [-0.15, -0.1) is 0 Å². The second-order valence-corrected chi connectivity index (χ2v) is 5.27. The second kappa shape index (κ2) is 5.16. The largest absolute Gasteiger partial charge is 0.367 e. The number of rotatable bonds is 4. The van der Waals surface area contributed by atoms with Crippen molar-refractivity contribution in [2.24, 2.45) is 7.05 Å². The second-order valence-electron chi connectivity index (χ2n) is 5.27. The minimum absolute atomic E-state index is 0.287. The first-order chi connectivity index (χ1) is 10.1. The highest BCUT2D eigenvalue weighted by Crippen LogP contribution is 2.23. The third-order valence-electron chi connectivity index (χ3n) is 3.57. The highest BCUT2D eigenvalue weighted by atomic mass is 15.3. The normalized spacial score (nSPS) is 12.8. The van der Waals surface area contributed by atoms with Crippen LogP contribution in [0.2, 0.25) is 0 Å². The van der Waals surface area contributed by atoms with Gasteiger partial charge in [0.25, 0.3) is 0 Å². The number of hydrogen-bond acceptors (Lipinski definition) is 5. The van der Waals surface area contributed by atoms with Gasteiger partial charge in [-0.2, -0.15) is 5.10 Å². The summed E-state index contributed by atoms with van der Waals surface area (Å²) in [5.74, 6) is 1.58. The van der Waals surface area contributed by atoms with Crippen molar-refractivity contribution in [2.45, 2.75) is 26.8 Å². The van der Waals surface area contributed by atoms with Crippen molar-refractivity contribution in [3.63, 3.8) is 0 Å². The molecule has 3 heterocycles. The van der Waals surface area contributed by atoms with Gasteiger partial charge in [-0.25, -0.2) is 15.0 Å². The maximum atomic E-state index is 4.53. The third-order valence-corrected chi connectivity index (χ3v) is 3.57. The van der Waals surface area contributed by atoms with Gasteiger partial charge >= 0.3 is 0 Å². The molecule has 7 nitrogen and oxygen atoms in total. The van der Waals surface area contributed by atoms with Crippen LogP contribution in [0.4, 0.5) is 5.82 Å². The summed E-state index contributed by atoms with van der Waals surface area (Å²) in [6, 6.07) is 0.287. The number of aromatic nitrogens is 6. The van der Waals surface area contributed by atoms with Gasteiger partial charge in [0, 0.05) is 32.0 Å². The molecule has 21 heavy (non-hydrogen) atoms. The Balaban J connectivity index is 1.90. The first-order valence-corrected chi connectivity index (χ1v) is 6.95. The van der Waals surface area contributed by atoms with E-state index in [2.05, 4.69) is 36.9 Å². The zero-order chi connectivity index (χ0) is 15.0. The van der Waals surface area contributed by atoms with E-state index in [1.807, 2.05) is 33.4 Å². The quantitative estimate of drug-likeness (QED) is 0.792. The van der Waals surface area contributed by atoms with Crippen LogP contribution in [0.25, 0.3) is 11.0 Å². The molecular formula is C14H19N7. The van der Waals surface area contributed by atoms with E-state index in [-0.39, 0.29) is 6.04 Å². The van der Waals surface area contributed by atoms with Crippen molar-refractivity contribution < 1.29 is 0 Å². The molecule has 0 aliphatic carbocycles. The molecule has 0 saturated heterocycles. The van der Waals surface area contributed by atoms with E-state index in [0.29, 0.717) is 0 Å². The van der Waals surface area contributed by atoms with Crippen molar-refractivity contribution in [2.75, 3.05) is 11.9 Å². The Morgan fingerprint density at radius 2 is 2.10 bits per heavy atom. The van der Waals surface area contributed by atoms with Crippen molar-refractivity contribution in [1.82, 2.24) is 29.3 Å². The molecule has 0 saturated carbocycles. The summed E-state index contributed by atoms with van der Waals surface area (Å²) in [6.07, 6.45) is 5.57. The SMILES string of the molecule is Cc1nc(NCC(C)n2ccnc2)c2c(C)nn(C)c2n1. The molecule has 0 aliphatic heterocycles. The smallest absolute Gasteiger partial charge is 0.163 e. The Labute approximate surface area is 123 Å². The van der Waals surface area contributed by atoms with E-state index in [9.17, 15) is 0 Å². The summed E-state index contributed by atoms with van der Waals surface area (Å²) in [6.45, 7) is 6.77. The summed E-state index contributed by atoms with van der Waals surface area (Å²) in [5.41, 5.74) is 1.79. The maximum absolute atomic E-state index is 4.53. The van der Waals surface area contributed by atoms with Crippen LogP contribution in [0.1, 0.15) is 24.5 Å². The van der Waals surface area contributed by atoms with Crippen LogP contribution >= 0.6 is 0 Å². The number of nitrogens with one attached hydrogen (secondary N) is 1. The van der Waals surface area contributed by atoms with Gasteiger partial charge in [-0.1, -0.05) is 0 Å². The Kier molecular flexibility index (Phi) is 3.32. The van der Waals surface area contributed by atoms with Crippen LogP contribution in [0, 0.1) is 13.8 Å². The molecule has 1 atom stereocenters. The fourth-order valence-corrected chi connectivity index (χ4v) is 2.46. The van der Waals surface area contributed by atoms with Crippen LogP contribution in [0.5, 0.6) is 0 Å². The van der Waals surface area contributed by atoms with Crippen LogP contribution < -0.4 is 5.32 Å². The number of imidazole rings is 1. The molecule has 110 valence electrons. The van der Waals surface area contributed by atoms with Crippen molar-refractivity contribution in [3.8, 4) is 0 Å². The first-order valence-electron chi connectivity index (χ1n) is 6.95. The highest BCUT2D eigenvalue weighted by molar-refractivity contribution is 5.89. The van der Waals surface area contributed by atoms with E-state index in [4.69, 9.17) is 0 Å². The number of hydrogen-bond donors (Lipinski definition) is 1. The molecular weight excluding hydrogens is 266 g/mol. The Hall–Kier alpha value is -2.44. The fourth-order valence-electron chi connectivity index (χ4n) is 2.46. The minimum Gasteiger partial charge on any atom is -0.367 e. The Bertz CT molecular complexity index is 757. The molecule has 3 aromatic heterocycles. The van der Waals surface area contributed by atoms with Crippen LogP contribution in [-0.2, 0) is 7.05 Å². The zero-order valence-electron chi connectivity index (χ0n) is 12.7. The lowest BCUT2D eigenvalue weighted by atomic mass is 10.2. The van der Waals surface area contributed by atoms with Gasteiger partial charge in [-0.3, -0.25) is 4.68 Å². The van der Waals surface area contributed by atoms with Crippen molar-refractivity contribution in [1.29, 1.82) is 0 Å². The van der Waals surface area contributed by atoms with Gasteiger partial charge in [0.15, 0.2) is 5.65 Å². The van der Waals surface area contributed by atoms with Crippen LogP contribution in [-0.4, -0.2) is 35.8 Å². The molecule has 1 N–H and O–H groups in total. The molecule has 0 radical (unpaired) electrons. The maximum Gasteiger partial charge on any atom is 0.163 e. The molecule has 1 unspecified atom stereocenters. The average Bonchev–Trinajstić information content (AvgIpc) is 3.05. The lowest BCUT2D eigenvalue weighted by Crippen LogP contribution is -2.16. The molecule has 0 fully saturated rings. The summed E-state index contributed by atoms with van der Waals surface area (Å²) in [7, 11) is 1.90. The van der Waals surface area contributed by atoms with Gasteiger partial charge in [0.2, 0.25) is 0 Å². The predicted octanol–water partition coefficient (Wildman–Crippen LogP) is 1.85. The van der Waals surface area contributed by atoms with Crippen LogP contribution in [0.3, 0.4) is 0 Å². The minimum atomic E-state index is 0.287. The predicted molar refractivity (Wildman–Crippen MR) is 81.2 cm³/mol. The zero-order valence-corrected chi connectivity index (χ0v) is 12.7. The number of anilines is 1. The van der Waals surface area contributed by atoms with E-state index in [1.165, 1.54) is 0 Å². The van der Waals surface area contributed by atoms with Crippen molar-refractivity contribution >= 4 is 16.9 Å². The molecule has 3 aromatic rings.